The van der Waals surface area contributed by atoms with Gasteiger partial charge in [-0.1, -0.05) is 242 Å². The Hall–Kier alpha value is -15.6. The van der Waals surface area contributed by atoms with E-state index in [1.54, 1.807) is 6.20 Å². The van der Waals surface area contributed by atoms with E-state index in [1.807, 2.05) is 294 Å². The van der Waals surface area contributed by atoms with Crippen molar-refractivity contribution >= 4 is 43.1 Å². The van der Waals surface area contributed by atoms with E-state index in [1.165, 1.54) is 121 Å². The fourth-order valence-corrected chi connectivity index (χ4v) is 16.7. The van der Waals surface area contributed by atoms with Gasteiger partial charge in [-0.25, -0.2) is 0 Å². The minimum atomic E-state index is 0. The zero-order valence-electron chi connectivity index (χ0n) is 82.2. The van der Waals surface area contributed by atoms with E-state index < -0.39 is 0 Å². The summed E-state index contributed by atoms with van der Waals surface area (Å²) in [6, 6.07) is 177. The Kier molecular flexibility index (Phi) is 41.0. The maximum Gasteiger partial charge on any atom is 0.0266 e. The summed E-state index contributed by atoms with van der Waals surface area (Å²) in [5.41, 5.74) is 34.1. The van der Waals surface area contributed by atoms with E-state index in [0.717, 1.165) is 95.8 Å². The van der Waals surface area contributed by atoms with Gasteiger partial charge in [-0.3, -0.25) is 0 Å². The summed E-state index contributed by atoms with van der Waals surface area (Å²) in [5.74, 6) is 0. The normalized spacial score (nSPS) is 10.2. The van der Waals surface area contributed by atoms with Crippen molar-refractivity contribution in [1.82, 2.24) is 39.9 Å². The number of hydrogen-bond donors (Lipinski definition) is 0. The molecule has 8 nitrogen and oxygen atoms in total. The van der Waals surface area contributed by atoms with Gasteiger partial charge in [-0.15, -0.1) is 287 Å². The molecule has 8 heterocycles. The van der Waals surface area contributed by atoms with Crippen LogP contribution in [0.4, 0.5) is 0 Å². The minimum Gasteiger partial charge on any atom is -0.305 e. The predicted octanol–water partition coefficient (Wildman–Crippen LogP) is 33.8. The molecule has 0 spiro atoms. The predicted molar refractivity (Wildman–Crippen MR) is 593 cm³/mol. The molecule has 8 aromatic heterocycles. The quantitative estimate of drug-likeness (QED) is 0.111. The smallest absolute Gasteiger partial charge is 0.0266 e. The van der Waals surface area contributed by atoms with Gasteiger partial charge >= 0.3 is 0 Å². The average Bonchev–Trinajstić information content (AvgIpc) is 0.798. The third-order valence-electron chi connectivity index (χ3n) is 24.0. The summed E-state index contributed by atoms with van der Waals surface area (Å²) in [6.45, 7) is 14.7. The van der Waals surface area contributed by atoms with Gasteiger partial charge in [-0.05, 0) is 205 Å². The molecule has 24 aromatic rings. The molecule has 4 radical (unpaired) electrons. The standard InChI is InChI=1S/4C22H16N.3C12H10N.C11H8N.4Ir/c4*1-16-14-22(18-9-3-2-4-10-18)23-15-21(16)20-13-7-11-17-8-5-6-12-19(17)20;1-10-6-5-9-12(13-10)11-7-3-2-4-8-11;1-10-7-8-13-12(9-10)11-5-3-2-4-6-11;1-10-7-8-12(13-9-10)11-5-3-2-4-6-11;1-2-6-10(7-3-1)11-8-4-5-9-12-11;;;;/h4*2-9,11-15H,1H3;2-7,9H,1H3;2*2-5,7-9H,1H3;1-6,8-9H;;;;/q8*-1;;;;. The van der Waals surface area contributed by atoms with E-state index >= 15 is 0 Å². The van der Waals surface area contributed by atoms with Crippen LogP contribution in [0.3, 0.4) is 0 Å². The molecule has 726 valence electrons. The number of fused-ring (bicyclic) bond motifs is 4. The van der Waals surface area contributed by atoms with Crippen molar-refractivity contribution in [2.75, 3.05) is 0 Å². The molecule has 0 aliphatic carbocycles. The van der Waals surface area contributed by atoms with Crippen molar-refractivity contribution in [2.24, 2.45) is 0 Å². The van der Waals surface area contributed by atoms with Gasteiger partial charge in [0, 0.05) is 152 Å². The molecule has 0 fully saturated rings. The molecule has 0 atom stereocenters. The van der Waals surface area contributed by atoms with Crippen LogP contribution in [0.1, 0.15) is 39.1 Å². The van der Waals surface area contributed by atoms with Crippen LogP contribution in [0.15, 0.2) is 492 Å². The van der Waals surface area contributed by atoms with Crippen molar-refractivity contribution in [3.05, 3.63) is 580 Å². The van der Waals surface area contributed by atoms with Gasteiger partial charge in [0.1, 0.15) is 0 Å². The Morgan fingerprint density at radius 1 is 0.163 bits per heavy atom. The first kappa shape index (κ1) is 109. The Balaban J connectivity index is 0.000000142. The van der Waals surface area contributed by atoms with Crippen molar-refractivity contribution in [3.63, 3.8) is 0 Å². The van der Waals surface area contributed by atoms with Crippen molar-refractivity contribution < 1.29 is 80.4 Å². The first-order chi connectivity index (χ1) is 70.4. The Labute approximate surface area is 918 Å². The maximum atomic E-state index is 4.66. The van der Waals surface area contributed by atoms with E-state index in [-0.39, 0.29) is 80.4 Å². The number of aryl methyl sites for hydroxylation is 7. The van der Waals surface area contributed by atoms with Crippen molar-refractivity contribution in [1.29, 1.82) is 0 Å². The van der Waals surface area contributed by atoms with Crippen LogP contribution in [0, 0.1) is 97.0 Å². The first-order valence-electron chi connectivity index (χ1n) is 47.6. The van der Waals surface area contributed by atoms with Crippen LogP contribution in [-0.2, 0) is 80.4 Å². The molecule has 0 N–H and O–H groups in total. The molecule has 0 saturated carbocycles. The molecule has 0 aliphatic heterocycles. The van der Waals surface area contributed by atoms with E-state index in [4.69, 9.17) is 0 Å². The second kappa shape index (κ2) is 55.4. The van der Waals surface area contributed by atoms with Gasteiger partial charge < -0.3 is 39.9 Å². The molecule has 24 rings (SSSR count). The van der Waals surface area contributed by atoms with Crippen molar-refractivity contribution in [2.45, 2.75) is 48.5 Å². The van der Waals surface area contributed by atoms with Gasteiger partial charge in [-0.2, -0.15) is 0 Å². The summed E-state index contributed by atoms with van der Waals surface area (Å²) in [4.78, 5) is 35.9. The van der Waals surface area contributed by atoms with Crippen LogP contribution in [0.5, 0.6) is 0 Å². The zero-order chi connectivity index (χ0) is 98.1. The number of hydrogen-bond acceptors (Lipinski definition) is 8. The Bertz CT molecular complexity index is 7450. The van der Waals surface area contributed by atoms with Crippen LogP contribution < -0.4 is 0 Å². The minimum absolute atomic E-state index is 0. The summed E-state index contributed by atoms with van der Waals surface area (Å²) in [6.07, 6.45) is 13.4. The zero-order valence-corrected chi connectivity index (χ0v) is 91.8. The summed E-state index contributed by atoms with van der Waals surface area (Å²) in [7, 11) is 0. The Morgan fingerprint density at radius 3 is 0.673 bits per heavy atom. The van der Waals surface area contributed by atoms with E-state index in [2.05, 4.69) is 329 Å². The van der Waals surface area contributed by atoms with Gasteiger partial charge in [0.15, 0.2) is 0 Å². The molecule has 0 bridgehead atoms. The molecule has 147 heavy (non-hydrogen) atoms. The number of nitrogens with zero attached hydrogens (tertiary/aromatic N) is 8. The topological polar surface area (TPSA) is 103 Å². The number of pyridine rings is 8. The number of benzene rings is 16. The second-order valence-corrected chi connectivity index (χ2v) is 34.2. The van der Waals surface area contributed by atoms with E-state index in [0.29, 0.717) is 0 Å². The monoisotopic (exact) mass is 2610 g/mol. The molecule has 0 saturated heterocycles. The number of rotatable bonds is 12. The molecule has 12 heteroatoms. The van der Waals surface area contributed by atoms with Gasteiger partial charge in [0.2, 0.25) is 0 Å². The molecule has 0 amide bonds. The molecule has 16 aromatic carbocycles. The van der Waals surface area contributed by atoms with Crippen LogP contribution >= 0.6 is 0 Å². The number of aromatic nitrogens is 8. The third-order valence-corrected chi connectivity index (χ3v) is 24.0. The maximum absolute atomic E-state index is 4.66. The first-order valence-corrected chi connectivity index (χ1v) is 47.6. The largest absolute Gasteiger partial charge is 0.305 e. The van der Waals surface area contributed by atoms with Crippen LogP contribution in [0.25, 0.3) is 178 Å². The van der Waals surface area contributed by atoms with Crippen LogP contribution in [0.2, 0.25) is 0 Å². The van der Waals surface area contributed by atoms with Gasteiger partial charge in [0.25, 0.3) is 0 Å². The fraction of sp³-hybridized carbons (Fsp3) is 0.0519. The fourth-order valence-electron chi connectivity index (χ4n) is 16.7. The summed E-state index contributed by atoms with van der Waals surface area (Å²) >= 11 is 0. The Morgan fingerprint density at radius 2 is 0.408 bits per heavy atom. The molecule has 0 unspecified atom stereocenters. The van der Waals surface area contributed by atoms with Gasteiger partial charge in [0.05, 0.1) is 0 Å². The molecule has 0 aliphatic rings. The van der Waals surface area contributed by atoms with Crippen molar-refractivity contribution in [3.8, 4) is 135 Å². The SMILES string of the molecule is Cc1cc(-c2[c-]cccc2)ncc1-c1cccc2ccccc12.Cc1cc(-c2[c-]cccc2)ncc1-c1cccc2ccccc12.Cc1cc(-c2[c-]cccc2)ncc1-c1cccc2ccccc12.Cc1cc(-c2[c-]cccc2)ncc1-c1cccc2ccccc12.Cc1ccc(-c2[c-]cccc2)nc1.Cc1cccc(-c2[c-]cccc2)n1.Cc1ccnc(-c2[c-]cccc2)c1.[Ir].[Ir].[Ir].[Ir].[c-]1ccccc1-c1ccccn1. The summed E-state index contributed by atoms with van der Waals surface area (Å²) < 4.78 is 0. The summed E-state index contributed by atoms with van der Waals surface area (Å²) in [5, 5.41) is 10.1. The third kappa shape index (κ3) is 29.4. The molecular weight excluding hydrogens is 2500 g/mol. The van der Waals surface area contributed by atoms with E-state index in [9.17, 15) is 0 Å². The van der Waals surface area contributed by atoms with Crippen LogP contribution in [-0.4, -0.2) is 39.9 Å². The second-order valence-electron chi connectivity index (χ2n) is 34.2. The molecular formula is C135H102Ir4N8-8. The average molecular weight is 2610 g/mol.